The highest BCUT2D eigenvalue weighted by atomic mass is 32.2. The van der Waals surface area contributed by atoms with Crippen molar-refractivity contribution in [2.75, 3.05) is 28.4 Å². The third-order valence-corrected chi connectivity index (χ3v) is 5.16. The Balaban J connectivity index is 2.26. The molecule has 2 rings (SSSR count). The minimum Gasteiger partial charge on any atom is -0.493 e. The molecule has 0 aromatic heterocycles. The summed E-state index contributed by atoms with van der Waals surface area (Å²) in [6, 6.07) is 8.89. The van der Waals surface area contributed by atoms with E-state index < -0.39 is 16.0 Å². The maximum absolute atomic E-state index is 12.6. The van der Waals surface area contributed by atoms with Crippen molar-refractivity contribution in [3.63, 3.8) is 0 Å². The Morgan fingerprint density at radius 1 is 0.963 bits per heavy atom. The Kier molecular flexibility index (Phi) is 6.65. The van der Waals surface area contributed by atoms with E-state index in [9.17, 15) is 13.2 Å². The van der Waals surface area contributed by atoms with Crippen molar-refractivity contribution in [1.82, 2.24) is 4.72 Å². The molecule has 0 amide bonds. The molecule has 9 heteroatoms. The number of carbonyl (C=O) groups is 1. The van der Waals surface area contributed by atoms with Crippen LogP contribution in [0.3, 0.4) is 0 Å². The highest BCUT2D eigenvalue weighted by molar-refractivity contribution is 7.89. The second-order valence-electron chi connectivity index (χ2n) is 5.38. The fraction of sp³-hybridized carbons (Fsp3) is 0.278. The topological polar surface area (TPSA) is 100 Å². The van der Waals surface area contributed by atoms with E-state index in [0.717, 1.165) is 0 Å². The van der Waals surface area contributed by atoms with Crippen LogP contribution in [0.25, 0.3) is 0 Å². The number of hydrogen-bond acceptors (Lipinski definition) is 7. The molecule has 0 aliphatic heterocycles. The van der Waals surface area contributed by atoms with Gasteiger partial charge in [0.2, 0.25) is 15.8 Å². The van der Waals surface area contributed by atoms with E-state index in [-0.39, 0.29) is 17.0 Å². The largest absolute Gasteiger partial charge is 0.493 e. The average Bonchev–Trinajstić information content (AvgIpc) is 2.70. The number of ether oxygens (including phenoxy) is 4. The van der Waals surface area contributed by atoms with Crippen LogP contribution in [0.1, 0.15) is 15.9 Å². The molecule has 0 fully saturated rings. The van der Waals surface area contributed by atoms with Crippen molar-refractivity contribution in [3.8, 4) is 17.2 Å². The molecule has 0 bridgehead atoms. The van der Waals surface area contributed by atoms with Crippen molar-refractivity contribution in [2.45, 2.75) is 11.4 Å². The second kappa shape index (κ2) is 8.74. The number of sulfonamides is 1. The molecule has 2 aromatic rings. The van der Waals surface area contributed by atoms with Gasteiger partial charge in [-0.3, -0.25) is 0 Å². The molecular weight excluding hydrogens is 374 g/mol. The molecule has 0 radical (unpaired) electrons. The fourth-order valence-corrected chi connectivity index (χ4v) is 3.47. The average molecular weight is 395 g/mol. The van der Waals surface area contributed by atoms with Crippen LogP contribution in [0, 0.1) is 0 Å². The highest BCUT2D eigenvalue weighted by Gasteiger charge is 2.18. The Hall–Kier alpha value is -2.78. The normalized spacial score (nSPS) is 11.0. The number of benzene rings is 2. The van der Waals surface area contributed by atoms with Gasteiger partial charge in [-0.15, -0.1) is 0 Å². The Morgan fingerprint density at radius 3 is 2.11 bits per heavy atom. The molecule has 0 spiro atoms. The monoisotopic (exact) mass is 395 g/mol. The van der Waals surface area contributed by atoms with Crippen LogP contribution in [0.15, 0.2) is 41.3 Å². The van der Waals surface area contributed by atoms with Crippen LogP contribution in [0.5, 0.6) is 17.2 Å². The second-order valence-corrected chi connectivity index (χ2v) is 7.14. The lowest BCUT2D eigenvalue weighted by atomic mass is 10.2. The molecule has 0 saturated heterocycles. The van der Waals surface area contributed by atoms with E-state index in [1.165, 1.54) is 52.7 Å². The minimum absolute atomic E-state index is 0.0124. The molecule has 2 aromatic carbocycles. The first-order chi connectivity index (χ1) is 12.9. The van der Waals surface area contributed by atoms with Gasteiger partial charge in [-0.25, -0.2) is 17.9 Å². The first-order valence-corrected chi connectivity index (χ1v) is 9.31. The standard InChI is InChI=1S/C18H21NO7S/c1-23-15-8-12(9-16(24-2)17(15)25-3)11-19-27(21,22)14-7-5-6-13(10-14)18(20)26-4/h5-10,19H,11H2,1-4H3. The maximum atomic E-state index is 12.6. The number of hydrogen-bond donors (Lipinski definition) is 1. The summed E-state index contributed by atoms with van der Waals surface area (Å²) in [4.78, 5) is 11.6. The van der Waals surface area contributed by atoms with Crippen LogP contribution in [-0.2, 0) is 21.3 Å². The van der Waals surface area contributed by atoms with Gasteiger partial charge in [0.05, 0.1) is 38.9 Å². The lowest BCUT2D eigenvalue weighted by Gasteiger charge is -2.14. The Labute approximate surface area is 158 Å². The van der Waals surface area contributed by atoms with E-state index in [1.807, 2.05) is 0 Å². The maximum Gasteiger partial charge on any atom is 0.337 e. The van der Waals surface area contributed by atoms with Crippen molar-refractivity contribution in [2.24, 2.45) is 0 Å². The number of nitrogens with one attached hydrogen (secondary N) is 1. The number of esters is 1. The summed E-state index contributed by atoms with van der Waals surface area (Å²) in [5, 5.41) is 0. The SMILES string of the molecule is COC(=O)c1cccc(S(=O)(=O)NCc2cc(OC)c(OC)c(OC)c2)c1. The summed E-state index contributed by atoms with van der Waals surface area (Å²) < 4.78 is 48.0. The highest BCUT2D eigenvalue weighted by Crippen LogP contribution is 2.38. The zero-order valence-corrected chi connectivity index (χ0v) is 16.3. The summed E-state index contributed by atoms with van der Waals surface area (Å²) >= 11 is 0. The van der Waals surface area contributed by atoms with Gasteiger partial charge in [-0.05, 0) is 35.9 Å². The lowest BCUT2D eigenvalue weighted by Crippen LogP contribution is -2.23. The van der Waals surface area contributed by atoms with Crippen LogP contribution in [-0.4, -0.2) is 42.8 Å². The summed E-state index contributed by atoms with van der Waals surface area (Å²) in [7, 11) is 1.81. The predicted octanol–water partition coefficient (Wildman–Crippen LogP) is 1.98. The van der Waals surface area contributed by atoms with Crippen LogP contribution >= 0.6 is 0 Å². The van der Waals surface area contributed by atoms with Crippen molar-refractivity contribution in [3.05, 3.63) is 47.5 Å². The van der Waals surface area contributed by atoms with Crippen LogP contribution in [0.4, 0.5) is 0 Å². The molecule has 0 unspecified atom stereocenters. The third kappa shape index (κ3) is 4.69. The summed E-state index contributed by atoms with van der Waals surface area (Å²) in [5.41, 5.74) is 0.755. The van der Waals surface area contributed by atoms with Gasteiger partial charge in [-0.2, -0.15) is 0 Å². The van der Waals surface area contributed by atoms with Gasteiger partial charge < -0.3 is 18.9 Å². The van der Waals surface area contributed by atoms with Crippen LogP contribution in [0.2, 0.25) is 0 Å². The molecule has 27 heavy (non-hydrogen) atoms. The summed E-state index contributed by atoms with van der Waals surface area (Å²) in [6.07, 6.45) is 0. The van der Waals surface area contributed by atoms with E-state index in [4.69, 9.17) is 14.2 Å². The first-order valence-electron chi connectivity index (χ1n) is 7.83. The van der Waals surface area contributed by atoms with Crippen molar-refractivity contribution >= 4 is 16.0 Å². The zero-order chi connectivity index (χ0) is 20.0. The van der Waals surface area contributed by atoms with Gasteiger partial charge >= 0.3 is 5.97 Å². The molecule has 146 valence electrons. The summed E-state index contributed by atoms with van der Waals surface area (Å²) in [5.74, 6) is 0.631. The minimum atomic E-state index is -3.85. The first kappa shape index (κ1) is 20.5. The van der Waals surface area contributed by atoms with Gasteiger partial charge in [0, 0.05) is 6.54 Å². The number of methoxy groups -OCH3 is 4. The fourth-order valence-electron chi connectivity index (χ4n) is 2.41. The summed E-state index contributed by atoms with van der Waals surface area (Å²) in [6.45, 7) is -0.0124. The van der Waals surface area contributed by atoms with Crippen LogP contribution < -0.4 is 18.9 Å². The van der Waals surface area contributed by atoms with E-state index >= 15 is 0 Å². The van der Waals surface area contributed by atoms with Crippen molar-refractivity contribution < 1.29 is 32.2 Å². The lowest BCUT2D eigenvalue weighted by molar-refractivity contribution is 0.0600. The third-order valence-electron chi connectivity index (χ3n) is 3.76. The predicted molar refractivity (Wildman–Crippen MR) is 97.9 cm³/mol. The molecular formula is C18H21NO7S. The van der Waals surface area contributed by atoms with Gasteiger partial charge in [0.25, 0.3) is 0 Å². The molecule has 0 saturated carbocycles. The number of rotatable bonds is 8. The molecule has 0 aliphatic rings. The van der Waals surface area contributed by atoms with E-state index in [0.29, 0.717) is 22.8 Å². The van der Waals surface area contributed by atoms with Gasteiger partial charge in [0.15, 0.2) is 11.5 Å². The van der Waals surface area contributed by atoms with Gasteiger partial charge in [-0.1, -0.05) is 6.07 Å². The number of carbonyl (C=O) groups excluding carboxylic acids is 1. The molecule has 8 nitrogen and oxygen atoms in total. The Bertz CT molecular complexity index is 900. The molecule has 0 atom stereocenters. The quantitative estimate of drug-likeness (QED) is 0.682. The zero-order valence-electron chi connectivity index (χ0n) is 15.4. The van der Waals surface area contributed by atoms with E-state index in [2.05, 4.69) is 9.46 Å². The Morgan fingerprint density at radius 2 is 1.59 bits per heavy atom. The van der Waals surface area contributed by atoms with E-state index in [1.54, 1.807) is 12.1 Å². The molecule has 0 heterocycles. The molecule has 0 aliphatic carbocycles. The van der Waals surface area contributed by atoms with Gasteiger partial charge in [0.1, 0.15) is 0 Å². The molecule has 1 N–H and O–H groups in total. The van der Waals surface area contributed by atoms with Crippen molar-refractivity contribution in [1.29, 1.82) is 0 Å². The smallest absolute Gasteiger partial charge is 0.337 e.